The molecule has 0 aromatic carbocycles. The van der Waals surface area contributed by atoms with Crippen LogP contribution in [0.25, 0.3) is 0 Å². The summed E-state index contributed by atoms with van der Waals surface area (Å²) in [5.74, 6) is 0.693. The number of piperazine rings is 1. The number of nitrogens with zero attached hydrogens (tertiary/aromatic N) is 3. The highest BCUT2D eigenvalue weighted by Gasteiger charge is 2.27. The highest BCUT2D eigenvalue weighted by Crippen LogP contribution is 2.20. The quantitative estimate of drug-likeness (QED) is 0.826. The first-order valence-corrected chi connectivity index (χ1v) is 6.56. The first kappa shape index (κ1) is 11.7. The monoisotopic (exact) mass is 248 g/mol. The van der Waals surface area contributed by atoms with Gasteiger partial charge in [0.25, 0.3) is 0 Å². The predicted molar refractivity (Wildman–Crippen MR) is 71.2 cm³/mol. The van der Waals surface area contributed by atoms with Crippen molar-refractivity contribution in [2.45, 2.75) is 6.04 Å². The zero-order chi connectivity index (χ0) is 12.4. The van der Waals surface area contributed by atoms with E-state index in [9.17, 15) is 0 Å². The van der Waals surface area contributed by atoms with Crippen molar-refractivity contribution in [2.75, 3.05) is 51.3 Å². The maximum atomic E-state index is 5.18. The number of rotatable bonds is 3. The van der Waals surface area contributed by atoms with Gasteiger partial charge in [0.1, 0.15) is 0 Å². The van der Waals surface area contributed by atoms with Crippen LogP contribution in [0.15, 0.2) is 18.3 Å². The van der Waals surface area contributed by atoms with E-state index in [4.69, 9.17) is 4.74 Å². The van der Waals surface area contributed by atoms with Gasteiger partial charge in [-0.15, -0.1) is 0 Å². The molecular formula is C13H20N4O. The summed E-state index contributed by atoms with van der Waals surface area (Å²) in [5.41, 5.74) is 1.22. The van der Waals surface area contributed by atoms with Crippen molar-refractivity contribution in [1.29, 1.82) is 0 Å². The Hall–Kier alpha value is -1.33. The van der Waals surface area contributed by atoms with Gasteiger partial charge in [0.2, 0.25) is 5.88 Å². The van der Waals surface area contributed by atoms with Gasteiger partial charge >= 0.3 is 0 Å². The zero-order valence-corrected chi connectivity index (χ0v) is 10.8. The minimum absolute atomic E-state index is 0.693. The molecule has 0 amide bonds. The van der Waals surface area contributed by atoms with E-state index in [2.05, 4.69) is 26.2 Å². The van der Waals surface area contributed by atoms with Crippen LogP contribution in [-0.2, 0) is 0 Å². The minimum Gasteiger partial charge on any atom is -0.481 e. The second kappa shape index (κ2) is 5.12. The minimum atomic E-state index is 0.693. The molecule has 0 unspecified atom stereocenters. The van der Waals surface area contributed by atoms with Crippen LogP contribution in [0.1, 0.15) is 0 Å². The third kappa shape index (κ3) is 2.28. The largest absolute Gasteiger partial charge is 0.481 e. The molecule has 0 atom stereocenters. The van der Waals surface area contributed by atoms with Gasteiger partial charge in [0, 0.05) is 63.3 Å². The van der Waals surface area contributed by atoms with E-state index in [0.717, 1.165) is 45.3 Å². The Morgan fingerprint density at radius 3 is 2.67 bits per heavy atom. The molecular weight excluding hydrogens is 228 g/mol. The number of ether oxygens (including phenoxy) is 1. The number of anilines is 1. The van der Waals surface area contributed by atoms with Crippen LogP contribution >= 0.6 is 0 Å². The first-order valence-electron chi connectivity index (χ1n) is 6.56. The van der Waals surface area contributed by atoms with Gasteiger partial charge in [0.05, 0.1) is 7.11 Å². The molecule has 3 rings (SSSR count). The standard InChI is InChI=1S/C13H20N4O/c1-18-13-8-11(2-3-15-13)16-4-6-17(7-5-16)12-9-14-10-12/h2-3,8,12,14H,4-7,9-10H2,1H3. The molecule has 0 radical (unpaired) electrons. The molecule has 3 heterocycles. The summed E-state index contributed by atoms with van der Waals surface area (Å²) in [6.07, 6.45) is 1.82. The van der Waals surface area contributed by atoms with Crippen molar-refractivity contribution in [2.24, 2.45) is 0 Å². The van der Waals surface area contributed by atoms with Crippen LogP contribution in [0.3, 0.4) is 0 Å². The maximum absolute atomic E-state index is 5.18. The maximum Gasteiger partial charge on any atom is 0.214 e. The third-order valence-corrected chi connectivity index (χ3v) is 3.88. The Bertz CT molecular complexity index is 400. The van der Waals surface area contributed by atoms with Crippen LogP contribution in [0.5, 0.6) is 5.88 Å². The van der Waals surface area contributed by atoms with Crippen molar-refractivity contribution in [3.63, 3.8) is 0 Å². The Morgan fingerprint density at radius 1 is 1.28 bits per heavy atom. The van der Waals surface area contributed by atoms with Gasteiger partial charge in [-0.3, -0.25) is 4.90 Å². The fraction of sp³-hybridized carbons (Fsp3) is 0.615. The molecule has 0 spiro atoms. The van der Waals surface area contributed by atoms with Crippen molar-refractivity contribution in [3.05, 3.63) is 18.3 Å². The average molecular weight is 248 g/mol. The van der Waals surface area contributed by atoms with Crippen molar-refractivity contribution < 1.29 is 4.74 Å². The third-order valence-electron chi connectivity index (χ3n) is 3.88. The van der Waals surface area contributed by atoms with Crippen LogP contribution in [0, 0.1) is 0 Å². The van der Waals surface area contributed by atoms with Crippen LogP contribution in [0.2, 0.25) is 0 Å². The summed E-state index contributed by atoms with van der Waals surface area (Å²) in [7, 11) is 1.66. The Balaban J connectivity index is 1.60. The van der Waals surface area contributed by atoms with Gasteiger partial charge < -0.3 is 15.0 Å². The molecule has 2 saturated heterocycles. The summed E-state index contributed by atoms with van der Waals surface area (Å²) in [6, 6.07) is 4.84. The second-order valence-corrected chi connectivity index (χ2v) is 4.89. The molecule has 18 heavy (non-hydrogen) atoms. The summed E-state index contributed by atoms with van der Waals surface area (Å²) in [6.45, 7) is 6.79. The van der Waals surface area contributed by atoms with E-state index in [-0.39, 0.29) is 0 Å². The van der Waals surface area contributed by atoms with Crippen LogP contribution in [0.4, 0.5) is 5.69 Å². The second-order valence-electron chi connectivity index (χ2n) is 4.89. The molecule has 2 fully saturated rings. The van der Waals surface area contributed by atoms with Gasteiger partial charge in [0.15, 0.2) is 0 Å². The van der Waals surface area contributed by atoms with Crippen LogP contribution in [-0.4, -0.2) is 62.3 Å². The fourth-order valence-electron chi connectivity index (χ4n) is 2.58. The Kier molecular flexibility index (Phi) is 3.34. The number of pyridine rings is 1. The number of methoxy groups -OCH3 is 1. The smallest absolute Gasteiger partial charge is 0.214 e. The first-order chi connectivity index (χ1) is 8.86. The zero-order valence-electron chi connectivity index (χ0n) is 10.8. The fourth-order valence-corrected chi connectivity index (χ4v) is 2.58. The molecule has 2 aliphatic heterocycles. The molecule has 1 N–H and O–H groups in total. The highest BCUT2D eigenvalue weighted by atomic mass is 16.5. The summed E-state index contributed by atoms with van der Waals surface area (Å²) in [4.78, 5) is 9.15. The lowest BCUT2D eigenvalue weighted by atomic mass is 10.1. The predicted octanol–water partition coefficient (Wildman–Crippen LogP) is 0.184. The molecule has 1 aromatic rings. The van der Waals surface area contributed by atoms with Crippen LogP contribution < -0.4 is 15.0 Å². The van der Waals surface area contributed by atoms with Crippen molar-refractivity contribution >= 4 is 5.69 Å². The number of aromatic nitrogens is 1. The van der Waals surface area contributed by atoms with E-state index in [0.29, 0.717) is 5.88 Å². The van der Waals surface area contributed by atoms with Crippen molar-refractivity contribution in [1.82, 2.24) is 15.2 Å². The molecule has 0 bridgehead atoms. The lowest BCUT2D eigenvalue weighted by molar-refractivity contribution is 0.138. The van der Waals surface area contributed by atoms with Crippen molar-refractivity contribution in [3.8, 4) is 5.88 Å². The number of nitrogens with one attached hydrogen (secondary N) is 1. The van der Waals surface area contributed by atoms with E-state index in [1.54, 1.807) is 7.11 Å². The van der Waals surface area contributed by atoms with E-state index in [1.165, 1.54) is 5.69 Å². The lowest BCUT2D eigenvalue weighted by Crippen LogP contribution is -2.61. The molecule has 5 nitrogen and oxygen atoms in total. The lowest BCUT2D eigenvalue weighted by Gasteiger charge is -2.43. The normalized spacial score (nSPS) is 21.7. The molecule has 5 heteroatoms. The number of hydrogen-bond acceptors (Lipinski definition) is 5. The molecule has 0 saturated carbocycles. The van der Waals surface area contributed by atoms with Gasteiger partial charge in [-0.05, 0) is 6.07 Å². The Labute approximate surface area is 108 Å². The molecule has 0 aliphatic carbocycles. The van der Waals surface area contributed by atoms with Gasteiger partial charge in [-0.2, -0.15) is 0 Å². The summed E-state index contributed by atoms with van der Waals surface area (Å²) >= 11 is 0. The summed E-state index contributed by atoms with van der Waals surface area (Å²) < 4.78 is 5.18. The number of hydrogen-bond donors (Lipinski definition) is 1. The van der Waals surface area contributed by atoms with Gasteiger partial charge in [-0.25, -0.2) is 4.98 Å². The topological polar surface area (TPSA) is 40.6 Å². The highest BCUT2D eigenvalue weighted by molar-refractivity contribution is 5.48. The molecule has 2 aliphatic rings. The summed E-state index contributed by atoms with van der Waals surface area (Å²) in [5, 5.41) is 3.34. The molecule has 1 aromatic heterocycles. The SMILES string of the molecule is COc1cc(N2CCN(C3CNC3)CC2)ccn1. The van der Waals surface area contributed by atoms with E-state index in [1.807, 2.05) is 12.3 Å². The van der Waals surface area contributed by atoms with Gasteiger partial charge in [-0.1, -0.05) is 0 Å². The van der Waals surface area contributed by atoms with E-state index < -0.39 is 0 Å². The average Bonchev–Trinajstić information content (AvgIpc) is 2.38. The van der Waals surface area contributed by atoms with E-state index >= 15 is 0 Å². The Morgan fingerprint density at radius 2 is 2.06 bits per heavy atom. The molecule has 98 valence electrons.